The third-order valence-electron chi connectivity index (χ3n) is 5.30. The topological polar surface area (TPSA) is 110 Å². The van der Waals surface area contributed by atoms with Gasteiger partial charge < -0.3 is 11.1 Å². The number of hydrogen-bond acceptors (Lipinski definition) is 6. The zero-order valence-electron chi connectivity index (χ0n) is 17.6. The number of nitrogens with two attached hydrogens (primary N) is 1. The number of anilines is 3. The van der Waals surface area contributed by atoms with Gasteiger partial charge in [0.2, 0.25) is 5.95 Å². The number of aromatic nitrogens is 6. The standard InChI is InChI=1S/C22H20F2N8/c1-10(2)32-21-18(19(31-32)12-5-4-6-16-13(12)9-26-30-16)20(25)28-22(29-21)27-17-8-14(23)11(3)7-15(17)24/h4-10H,1-3H3,(H,26,30)(H3,25,27,28,29). The monoisotopic (exact) mass is 434 g/mol. The smallest absolute Gasteiger partial charge is 0.231 e. The molecule has 0 atom stereocenters. The lowest BCUT2D eigenvalue weighted by molar-refractivity contribution is 0.548. The van der Waals surface area contributed by atoms with Crippen molar-refractivity contribution in [3.05, 3.63) is 53.7 Å². The molecule has 2 aromatic carbocycles. The van der Waals surface area contributed by atoms with E-state index in [-0.39, 0.29) is 29.1 Å². The highest BCUT2D eigenvalue weighted by molar-refractivity contribution is 6.05. The van der Waals surface area contributed by atoms with Crippen LogP contribution in [-0.2, 0) is 0 Å². The predicted molar refractivity (Wildman–Crippen MR) is 120 cm³/mol. The normalized spacial score (nSPS) is 11.7. The van der Waals surface area contributed by atoms with Crippen LogP contribution >= 0.6 is 0 Å². The highest BCUT2D eigenvalue weighted by Crippen LogP contribution is 2.36. The summed E-state index contributed by atoms with van der Waals surface area (Å²) >= 11 is 0. The fourth-order valence-electron chi connectivity index (χ4n) is 3.71. The van der Waals surface area contributed by atoms with Gasteiger partial charge in [0, 0.05) is 23.1 Å². The largest absolute Gasteiger partial charge is 0.383 e. The van der Waals surface area contributed by atoms with E-state index in [1.165, 1.54) is 6.92 Å². The fraction of sp³-hybridized carbons (Fsp3) is 0.182. The Hall–Kier alpha value is -4.08. The van der Waals surface area contributed by atoms with Crippen LogP contribution in [0, 0.1) is 18.6 Å². The summed E-state index contributed by atoms with van der Waals surface area (Å²) in [5, 5.41) is 16.0. The lowest BCUT2D eigenvalue weighted by Gasteiger charge is -2.10. The highest BCUT2D eigenvalue weighted by Gasteiger charge is 2.22. The number of fused-ring (bicyclic) bond motifs is 2. The maximum absolute atomic E-state index is 14.3. The molecule has 0 aliphatic carbocycles. The van der Waals surface area contributed by atoms with Gasteiger partial charge in [-0.05, 0) is 38.5 Å². The molecular weight excluding hydrogens is 414 g/mol. The van der Waals surface area contributed by atoms with Crippen LogP contribution in [0.3, 0.4) is 0 Å². The van der Waals surface area contributed by atoms with Gasteiger partial charge >= 0.3 is 0 Å². The Kier molecular flexibility index (Phi) is 4.50. The Morgan fingerprint density at radius 2 is 1.94 bits per heavy atom. The molecule has 3 heterocycles. The molecule has 10 heteroatoms. The van der Waals surface area contributed by atoms with Gasteiger partial charge in [-0.2, -0.15) is 20.2 Å². The molecule has 0 unspecified atom stereocenters. The zero-order chi connectivity index (χ0) is 22.6. The van der Waals surface area contributed by atoms with Crippen LogP contribution in [-0.4, -0.2) is 29.9 Å². The summed E-state index contributed by atoms with van der Waals surface area (Å²) in [4.78, 5) is 8.85. The van der Waals surface area contributed by atoms with E-state index in [0.29, 0.717) is 16.7 Å². The van der Waals surface area contributed by atoms with Crippen molar-refractivity contribution in [1.82, 2.24) is 29.9 Å². The summed E-state index contributed by atoms with van der Waals surface area (Å²) in [6.45, 7) is 5.43. The van der Waals surface area contributed by atoms with Gasteiger partial charge in [-0.15, -0.1) is 0 Å². The first-order chi connectivity index (χ1) is 15.3. The van der Waals surface area contributed by atoms with Crippen LogP contribution in [0.2, 0.25) is 0 Å². The van der Waals surface area contributed by atoms with Crippen LogP contribution in [0.15, 0.2) is 36.5 Å². The molecule has 0 saturated heterocycles. The van der Waals surface area contributed by atoms with Crippen molar-refractivity contribution >= 4 is 39.4 Å². The SMILES string of the molecule is Cc1cc(F)c(Nc2nc(N)c3c(-c4cccc5[nH]ncc45)nn(C(C)C)c3n2)cc1F. The molecule has 0 bridgehead atoms. The Bertz CT molecular complexity index is 1480. The van der Waals surface area contributed by atoms with E-state index in [1.807, 2.05) is 32.0 Å². The Labute approximate surface area is 181 Å². The predicted octanol–water partition coefficient (Wildman–Crippen LogP) is 4.86. The molecule has 5 rings (SSSR count). The summed E-state index contributed by atoms with van der Waals surface area (Å²) < 4.78 is 30.0. The van der Waals surface area contributed by atoms with E-state index < -0.39 is 11.6 Å². The summed E-state index contributed by atoms with van der Waals surface area (Å²) in [7, 11) is 0. The number of nitrogens with zero attached hydrogens (tertiary/aromatic N) is 5. The molecule has 0 saturated carbocycles. The van der Waals surface area contributed by atoms with Gasteiger partial charge in [0.15, 0.2) is 5.65 Å². The minimum atomic E-state index is -0.615. The van der Waals surface area contributed by atoms with Crippen molar-refractivity contribution < 1.29 is 8.78 Å². The second kappa shape index (κ2) is 7.26. The summed E-state index contributed by atoms with van der Waals surface area (Å²) in [6.07, 6.45) is 1.73. The van der Waals surface area contributed by atoms with Gasteiger partial charge in [-0.1, -0.05) is 12.1 Å². The number of aromatic amines is 1. The van der Waals surface area contributed by atoms with Crippen molar-refractivity contribution in [2.75, 3.05) is 11.1 Å². The van der Waals surface area contributed by atoms with Crippen LogP contribution in [0.1, 0.15) is 25.5 Å². The molecule has 162 valence electrons. The van der Waals surface area contributed by atoms with Crippen molar-refractivity contribution in [1.29, 1.82) is 0 Å². The first kappa shape index (κ1) is 19.9. The molecule has 0 fully saturated rings. The lowest BCUT2D eigenvalue weighted by atomic mass is 10.1. The van der Waals surface area contributed by atoms with E-state index >= 15 is 0 Å². The first-order valence-corrected chi connectivity index (χ1v) is 10.0. The molecule has 3 aromatic heterocycles. The summed E-state index contributed by atoms with van der Waals surface area (Å²) in [5.41, 5.74) is 9.28. The maximum Gasteiger partial charge on any atom is 0.231 e. The van der Waals surface area contributed by atoms with Crippen molar-refractivity contribution in [2.45, 2.75) is 26.8 Å². The van der Waals surface area contributed by atoms with Crippen molar-refractivity contribution in [2.24, 2.45) is 0 Å². The van der Waals surface area contributed by atoms with Gasteiger partial charge in [0.25, 0.3) is 0 Å². The Morgan fingerprint density at radius 1 is 1.12 bits per heavy atom. The van der Waals surface area contributed by atoms with Crippen LogP contribution < -0.4 is 11.1 Å². The summed E-state index contributed by atoms with van der Waals surface area (Å²) in [6, 6.07) is 7.90. The van der Waals surface area contributed by atoms with Crippen LogP contribution in [0.25, 0.3) is 33.2 Å². The molecule has 0 radical (unpaired) electrons. The number of hydrogen-bond donors (Lipinski definition) is 3. The van der Waals surface area contributed by atoms with Crippen LogP contribution in [0.4, 0.5) is 26.2 Å². The fourth-order valence-corrected chi connectivity index (χ4v) is 3.71. The second-order valence-corrected chi connectivity index (χ2v) is 7.86. The van der Waals surface area contributed by atoms with Gasteiger partial charge in [0.05, 0.1) is 22.8 Å². The van der Waals surface area contributed by atoms with Gasteiger partial charge in [-0.3, -0.25) is 5.10 Å². The number of H-pyrrole nitrogens is 1. The molecule has 32 heavy (non-hydrogen) atoms. The number of aryl methyl sites for hydroxylation is 1. The van der Waals surface area contributed by atoms with Gasteiger partial charge in [-0.25, -0.2) is 13.5 Å². The quantitative estimate of drug-likeness (QED) is 0.372. The molecular formula is C22H20F2N8. The first-order valence-electron chi connectivity index (χ1n) is 10.0. The van der Waals surface area contributed by atoms with Crippen LogP contribution in [0.5, 0.6) is 0 Å². The average molecular weight is 434 g/mol. The number of halogens is 2. The molecule has 0 aliphatic rings. The molecule has 4 N–H and O–H groups in total. The Morgan fingerprint density at radius 3 is 2.72 bits per heavy atom. The third kappa shape index (κ3) is 3.11. The van der Waals surface area contributed by atoms with E-state index in [9.17, 15) is 8.78 Å². The number of nitrogen functional groups attached to an aromatic ring is 1. The molecule has 0 amide bonds. The molecule has 0 spiro atoms. The number of benzene rings is 2. The maximum atomic E-state index is 14.3. The van der Waals surface area contributed by atoms with E-state index in [1.54, 1.807) is 10.9 Å². The number of rotatable bonds is 4. The summed E-state index contributed by atoms with van der Waals surface area (Å²) in [5.74, 6) is -0.929. The number of nitrogens with one attached hydrogen (secondary N) is 2. The zero-order valence-corrected chi connectivity index (χ0v) is 17.6. The molecule has 5 aromatic rings. The lowest BCUT2D eigenvalue weighted by Crippen LogP contribution is -2.07. The van der Waals surface area contributed by atoms with Crippen molar-refractivity contribution in [3.8, 4) is 11.3 Å². The minimum Gasteiger partial charge on any atom is -0.383 e. The third-order valence-corrected chi connectivity index (χ3v) is 5.30. The average Bonchev–Trinajstić information content (AvgIpc) is 3.37. The van der Waals surface area contributed by atoms with E-state index in [4.69, 9.17) is 10.8 Å². The minimum absolute atomic E-state index is 0.0366. The molecule has 8 nitrogen and oxygen atoms in total. The Balaban J connectivity index is 1.70. The van der Waals surface area contributed by atoms with Crippen molar-refractivity contribution in [3.63, 3.8) is 0 Å². The van der Waals surface area contributed by atoms with Gasteiger partial charge in [0.1, 0.15) is 23.1 Å². The highest BCUT2D eigenvalue weighted by atomic mass is 19.1. The second-order valence-electron chi connectivity index (χ2n) is 7.86. The van der Waals surface area contributed by atoms with E-state index in [2.05, 4.69) is 25.5 Å². The molecule has 0 aliphatic heterocycles. The van der Waals surface area contributed by atoms with E-state index in [0.717, 1.165) is 28.6 Å².